The number of aliphatic hydroxyl groups is 1. The molecule has 0 saturated carbocycles. The molecular weight excluding hydrogens is 336 g/mol. The molecule has 0 amide bonds. The van der Waals surface area contributed by atoms with Gasteiger partial charge in [-0.2, -0.15) is 0 Å². The third-order valence-electron chi connectivity index (χ3n) is 4.37. The molecule has 2 aromatic carbocycles. The number of hydrogen-bond donors (Lipinski definition) is 1. The Balaban J connectivity index is 2.14. The molecule has 1 unspecified atom stereocenters. The van der Waals surface area contributed by atoms with Gasteiger partial charge < -0.3 is 9.84 Å². The van der Waals surface area contributed by atoms with E-state index in [1.54, 1.807) is 18.2 Å². The van der Waals surface area contributed by atoms with Gasteiger partial charge in [-0.15, -0.1) is 0 Å². The molecule has 0 aromatic heterocycles. The first-order chi connectivity index (χ1) is 12.4. The second kappa shape index (κ2) is 6.65. The summed E-state index contributed by atoms with van der Waals surface area (Å²) in [6, 6.07) is 13.5. The lowest BCUT2D eigenvalue weighted by atomic mass is 9.78. The first-order valence-electron chi connectivity index (χ1n) is 8.09. The van der Waals surface area contributed by atoms with Crippen LogP contribution in [0.15, 0.2) is 54.6 Å². The monoisotopic (exact) mass is 352 g/mol. The van der Waals surface area contributed by atoms with Gasteiger partial charge in [-0.05, 0) is 6.92 Å². The fourth-order valence-electron chi connectivity index (χ4n) is 3.12. The van der Waals surface area contributed by atoms with E-state index in [1.165, 1.54) is 43.3 Å². The fraction of sp³-hybridized carbons (Fsp3) is 0.200. The number of rotatable bonds is 5. The molecule has 1 atom stereocenters. The lowest BCUT2D eigenvalue weighted by Crippen LogP contribution is -2.55. The minimum Gasteiger partial charge on any atom is -0.465 e. The molecule has 0 radical (unpaired) electrons. The topological polar surface area (TPSA) is 97.7 Å². The SMILES string of the molecule is CCOC(=O)C(C(=O)c1ccccc1)C1(O)C(=O)c2ccccc2C1=O. The van der Waals surface area contributed by atoms with Gasteiger partial charge in [0, 0.05) is 16.7 Å². The summed E-state index contributed by atoms with van der Waals surface area (Å²) in [5.41, 5.74) is -2.76. The van der Waals surface area contributed by atoms with Crippen molar-refractivity contribution in [1.29, 1.82) is 0 Å². The summed E-state index contributed by atoms with van der Waals surface area (Å²) in [6.07, 6.45) is 0. The first kappa shape index (κ1) is 17.7. The Bertz CT molecular complexity index is 865. The van der Waals surface area contributed by atoms with Crippen LogP contribution < -0.4 is 0 Å². The van der Waals surface area contributed by atoms with E-state index in [4.69, 9.17) is 4.74 Å². The van der Waals surface area contributed by atoms with Crippen LogP contribution in [0.4, 0.5) is 0 Å². The summed E-state index contributed by atoms with van der Waals surface area (Å²) in [6.45, 7) is 1.46. The Labute approximate surface area is 149 Å². The molecule has 26 heavy (non-hydrogen) atoms. The molecule has 1 aliphatic carbocycles. The highest BCUT2D eigenvalue weighted by molar-refractivity contribution is 6.36. The van der Waals surface area contributed by atoms with Gasteiger partial charge in [-0.1, -0.05) is 54.6 Å². The molecular formula is C20H16O6. The van der Waals surface area contributed by atoms with Crippen LogP contribution in [-0.4, -0.2) is 40.6 Å². The minimum atomic E-state index is -2.82. The Morgan fingerprint density at radius 2 is 1.46 bits per heavy atom. The van der Waals surface area contributed by atoms with Crippen molar-refractivity contribution < 1.29 is 29.0 Å². The number of ketones is 3. The summed E-state index contributed by atoms with van der Waals surface area (Å²) in [5.74, 6) is -5.88. The highest BCUT2D eigenvalue weighted by atomic mass is 16.5. The second-order valence-electron chi connectivity index (χ2n) is 5.89. The Morgan fingerprint density at radius 3 is 1.96 bits per heavy atom. The zero-order valence-electron chi connectivity index (χ0n) is 14.0. The van der Waals surface area contributed by atoms with Crippen LogP contribution in [0, 0.1) is 5.92 Å². The normalized spacial score (nSPS) is 16.1. The van der Waals surface area contributed by atoms with Crippen LogP contribution in [0.25, 0.3) is 0 Å². The average molecular weight is 352 g/mol. The van der Waals surface area contributed by atoms with Gasteiger partial charge in [-0.3, -0.25) is 19.2 Å². The first-order valence-corrected chi connectivity index (χ1v) is 8.09. The van der Waals surface area contributed by atoms with Crippen molar-refractivity contribution in [1.82, 2.24) is 0 Å². The van der Waals surface area contributed by atoms with Gasteiger partial charge in [0.05, 0.1) is 6.61 Å². The molecule has 0 bridgehead atoms. The summed E-state index contributed by atoms with van der Waals surface area (Å²) in [4.78, 5) is 51.0. The van der Waals surface area contributed by atoms with Crippen LogP contribution in [0.3, 0.4) is 0 Å². The molecule has 0 spiro atoms. The van der Waals surface area contributed by atoms with Gasteiger partial charge in [0.1, 0.15) is 0 Å². The molecule has 6 nitrogen and oxygen atoms in total. The van der Waals surface area contributed by atoms with Crippen molar-refractivity contribution in [2.45, 2.75) is 12.5 Å². The van der Waals surface area contributed by atoms with Crippen molar-refractivity contribution in [2.24, 2.45) is 5.92 Å². The van der Waals surface area contributed by atoms with Crippen LogP contribution in [0.2, 0.25) is 0 Å². The predicted molar refractivity (Wildman–Crippen MR) is 90.9 cm³/mol. The van der Waals surface area contributed by atoms with E-state index in [-0.39, 0.29) is 23.3 Å². The van der Waals surface area contributed by atoms with Gasteiger partial charge in [-0.25, -0.2) is 0 Å². The summed E-state index contributed by atoms with van der Waals surface area (Å²) < 4.78 is 4.90. The molecule has 1 aliphatic rings. The average Bonchev–Trinajstić information content (AvgIpc) is 2.85. The van der Waals surface area contributed by atoms with Crippen molar-refractivity contribution in [2.75, 3.05) is 6.61 Å². The van der Waals surface area contributed by atoms with Crippen LogP contribution >= 0.6 is 0 Å². The number of hydrogen-bond acceptors (Lipinski definition) is 6. The van der Waals surface area contributed by atoms with Crippen molar-refractivity contribution >= 4 is 23.3 Å². The molecule has 6 heteroatoms. The maximum absolute atomic E-state index is 12.9. The third kappa shape index (κ3) is 2.55. The van der Waals surface area contributed by atoms with Crippen molar-refractivity contribution in [3.63, 3.8) is 0 Å². The predicted octanol–water partition coefficient (Wildman–Crippen LogP) is 1.86. The van der Waals surface area contributed by atoms with Gasteiger partial charge in [0.25, 0.3) is 0 Å². The summed E-state index contributed by atoms with van der Waals surface area (Å²) in [7, 11) is 0. The second-order valence-corrected chi connectivity index (χ2v) is 5.89. The van der Waals surface area contributed by atoms with E-state index >= 15 is 0 Å². The lowest BCUT2D eigenvalue weighted by molar-refractivity contribution is -0.150. The maximum Gasteiger partial charge on any atom is 0.320 e. The molecule has 1 N–H and O–H groups in total. The van der Waals surface area contributed by atoms with Crippen LogP contribution in [0.5, 0.6) is 0 Å². The molecule has 0 fully saturated rings. The number of Topliss-reactive ketones (excluding diaryl/α,β-unsaturated/α-hetero) is 3. The van der Waals surface area contributed by atoms with E-state index in [0.717, 1.165) is 0 Å². The third-order valence-corrected chi connectivity index (χ3v) is 4.37. The summed E-state index contributed by atoms with van der Waals surface area (Å²) in [5, 5.41) is 11.0. The molecule has 0 saturated heterocycles. The molecule has 2 aromatic rings. The van der Waals surface area contributed by atoms with E-state index in [1.807, 2.05) is 0 Å². The molecule has 132 valence electrons. The number of ether oxygens (including phenoxy) is 1. The smallest absolute Gasteiger partial charge is 0.320 e. The Hall–Kier alpha value is -3.12. The minimum absolute atomic E-state index is 0.0184. The lowest BCUT2D eigenvalue weighted by Gasteiger charge is -2.27. The van der Waals surface area contributed by atoms with Crippen molar-refractivity contribution in [3.05, 3.63) is 71.3 Å². The van der Waals surface area contributed by atoms with Crippen molar-refractivity contribution in [3.8, 4) is 0 Å². The molecule has 3 rings (SSSR count). The molecule has 0 heterocycles. The van der Waals surface area contributed by atoms with E-state index in [0.29, 0.717) is 0 Å². The van der Waals surface area contributed by atoms with Crippen LogP contribution in [-0.2, 0) is 9.53 Å². The highest BCUT2D eigenvalue weighted by Gasteiger charge is 2.62. The largest absolute Gasteiger partial charge is 0.465 e. The fourth-order valence-corrected chi connectivity index (χ4v) is 3.12. The maximum atomic E-state index is 12.9. The number of fused-ring (bicyclic) bond motifs is 1. The Kier molecular flexibility index (Phi) is 4.52. The van der Waals surface area contributed by atoms with Gasteiger partial charge in [0.2, 0.25) is 17.2 Å². The Morgan fingerprint density at radius 1 is 0.962 bits per heavy atom. The quantitative estimate of drug-likeness (QED) is 0.501. The number of carbonyl (C=O) groups excluding carboxylic acids is 4. The van der Waals surface area contributed by atoms with E-state index in [9.17, 15) is 24.3 Å². The van der Waals surface area contributed by atoms with Gasteiger partial charge >= 0.3 is 5.97 Å². The number of esters is 1. The van der Waals surface area contributed by atoms with E-state index < -0.39 is 34.8 Å². The number of carbonyl (C=O) groups is 4. The standard InChI is InChI=1S/C20H16O6/c1-2-26-19(24)15(16(21)12-8-4-3-5-9-12)20(25)17(22)13-10-6-7-11-14(13)18(20)23/h3-11,15,25H,2H2,1H3. The van der Waals surface area contributed by atoms with Gasteiger partial charge in [0.15, 0.2) is 11.7 Å². The zero-order valence-corrected chi connectivity index (χ0v) is 14.0. The summed E-state index contributed by atoms with van der Waals surface area (Å²) >= 11 is 0. The number of benzene rings is 2. The zero-order chi connectivity index (χ0) is 18.9. The highest BCUT2D eigenvalue weighted by Crippen LogP contribution is 2.37. The van der Waals surface area contributed by atoms with Crippen LogP contribution in [0.1, 0.15) is 38.0 Å². The molecule has 0 aliphatic heterocycles. The van der Waals surface area contributed by atoms with E-state index in [2.05, 4.69) is 0 Å².